The summed E-state index contributed by atoms with van der Waals surface area (Å²) in [5, 5.41) is 0. The van der Waals surface area contributed by atoms with Gasteiger partial charge in [-0.1, -0.05) is 24.3 Å². The molecule has 1 heterocycles. The minimum absolute atomic E-state index is 0.0407. The van der Waals surface area contributed by atoms with Gasteiger partial charge in [0.2, 0.25) is 0 Å². The summed E-state index contributed by atoms with van der Waals surface area (Å²) in [4.78, 5) is 0. The Bertz CT molecular complexity index is 469. The molecule has 0 N–H and O–H groups in total. The van der Waals surface area contributed by atoms with E-state index >= 15 is 0 Å². The highest BCUT2D eigenvalue weighted by atomic mass is 19.1. The topological polar surface area (TPSA) is 12.5 Å². The van der Waals surface area contributed by atoms with Gasteiger partial charge in [-0.3, -0.25) is 0 Å². The quantitative estimate of drug-likeness (QED) is 0.718. The van der Waals surface area contributed by atoms with Crippen LogP contribution in [0.2, 0.25) is 0 Å². The highest BCUT2D eigenvalue weighted by Crippen LogP contribution is 2.50. The van der Waals surface area contributed by atoms with Crippen molar-refractivity contribution < 1.29 is 13.5 Å². The Kier molecular flexibility index (Phi) is 2.41. The third-order valence-electron chi connectivity index (χ3n) is 2.89. The summed E-state index contributed by atoms with van der Waals surface area (Å²) in [7, 11) is 0. The van der Waals surface area contributed by atoms with E-state index in [1.54, 1.807) is 24.3 Å². The van der Waals surface area contributed by atoms with Crippen LogP contribution >= 0.6 is 0 Å². The fraction of sp³-hybridized carbons (Fsp3) is 0.143. The van der Waals surface area contributed by atoms with Crippen LogP contribution in [0.3, 0.4) is 0 Å². The SMILES string of the molecule is Fc1ccc([C@H]2O[C@H]2c2ccc(F)cc2)cc1. The van der Waals surface area contributed by atoms with Crippen LogP contribution in [0.15, 0.2) is 48.5 Å². The van der Waals surface area contributed by atoms with Gasteiger partial charge in [-0.25, -0.2) is 8.78 Å². The molecule has 0 unspecified atom stereocenters. The first-order chi connectivity index (χ1) is 8.24. The Labute approximate surface area is 97.7 Å². The minimum Gasteiger partial charge on any atom is -0.359 e. The van der Waals surface area contributed by atoms with Crippen LogP contribution in [0.4, 0.5) is 8.78 Å². The molecule has 1 saturated heterocycles. The summed E-state index contributed by atoms with van der Waals surface area (Å²) in [5.74, 6) is -0.513. The largest absolute Gasteiger partial charge is 0.359 e. The van der Waals surface area contributed by atoms with E-state index in [2.05, 4.69) is 0 Å². The fourth-order valence-electron chi connectivity index (χ4n) is 1.92. The second-order valence-electron chi connectivity index (χ2n) is 4.08. The maximum absolute atomic E-state index is 12.8. The van der Waals surface area contributed by atoms with Gasteiger partial charge in [0.15, 0.2) is 0 Å². The first kappa shape index (κ1) is 10.4. The lowest BCUT2D eigenvalue weighted by atomic mass is 10.0. The predicted molar refractivity (Wildman–Crippen MR) is 59.4 cm³/mol. The first-order valence-corrected chi connectivity index (χ1v) is 5.40. The summed E-state index contributed by atoms with van der Waals surface area (Å²) < 4.78 is 31.0. The molecular formula is C14H10F2O. The Hall–Kier alpha value is -1.74. The maximum Gasteiger partial charge on any atom is 0.123 e. The van der Waals surface area contributed by atoms with Gasteiger partial charge in [-0.15, -0.1) is 0 Å². The Balaban J connectivity index is 1.78. The molecule has 2 aromatic carbocycles. The number of benzene rings is 2. The molecule has 1 aliphatic heterocycles. The van der Waals surface area contributed by atoms with Crippen LogP contribution in [0.5, 0.6) is 0 Å². The standard InChI is InChI=1S/C14H10F2O/c15-11-5-1-9(2-6-11)13-14(17-13)10-3-7-12(16)8-4-10/h1-8,13-14H/t13-,14+. The molecule has 1 aliphatic rings. The first-order valence-electron chi connectivity index (χ1n) is 5.40. The van der Waals surface area contributed by atoms with E-state index in [0.29, 0.717) is 0 Å². The van der Waals surface area contributed by atoms with Gasteiger partial charge in [-0.05, 0) is 35.4 Å². The second-order valence-corrected chi connectivity index (χ2v) is 4.08. The maximum atomic E-state index is 12.8. The molecule has 0 saturated carbocycles. The minimum atomic E-state index is -0.257. The van der Waals surface area contributed by atoms with E-state index in [9.17, 15) is 8.78 Å². The van der Waals surface area contributed by atoms with Gasteiger partial charge >= 0.3 is 0 Å². The molecule has 1 nitrogen and oxygen atoms in total. The van der Waals surface area contributed by atoms with E-state index in [0.717, 1.165) is 11.1 Å². The van der Waals surface area contributed by atoms with E-state index in [1.165, 1.54) is 24.3 Å². The van der Waals surface area contributed by atoms with Gasteiger partial charge in [0.1, 0.15) is 23.8 Å². The second kappa shape index (κ2) is 3.93. The van der Waals surface area contributed by atoms with Crippen LogP contribution in [-0.2, 0) is 4.74 Å². The number of rotatable bonds is 2. The van der Waals surface area contributed by atoms with E-state index in [-0.39, 0.29) is 23.8 Å². The fourth-order valence-corrected chi connectivity index (χ4v) is 1.92. The summed E-state index contributed by atoms with van der Waals surface area (Å²) in [6.07, 6.45) is -0.0814. The van der Waals surface area contributed by atoms with Gasteiger partial charge < -0.3 is 4.74 Å². The van der Waals surface area contributed by atoms with Crippen molar-refractivity contribution in [3.8, 4) is 0 Å². The van der Waals surface area contributed by atoms with E-state index < -0.39 is 0 Å². The Morgan fingerprint density at radius 3 is 1.35 bits per heavy atom. The van der Waals surface area contributed by atoms with Crippen molar-refractivity contribution in [2.75, 3.05) is 0 Å². The van der Waals surface area contributed by atoms with Crippen LogP contribution < -0.4 is 0 Å². The zero-order valence-electron chi connectivity index (χ0n) is 8.94. The van der Waals surface area contributed by atoms with Crippen molar-refractivity contribution >= 4 is 0 Å². The predicted octanol–water partition coefficient (Wildman–Crippen LogP) is 3.78. The number of epoxide rings is 1. The van der Waals surface area contributed by atoms with E-state index in [4.69, 9.17) is 4.74 Å². The number of hydrogen-bond donors (Lipinski definition) is 0. The highest BCUT2D eigenvalue weighted by molar-refractivity contribution is 5.30. The van der Waals surface area contributed by atoms with Crippen molar-refractivity contribution in [2.24, 2.45) is 0 Å². The summed E-state index contributed by atoms with van der Waals surface area (Å²) in [6.45, 7) is 0. The highest BCUT2D eigenvalue weighted by Gasteiger charge is 2.41. The zero-order valence-corrected chi connectivity index (χ0v) is 8.94. The monoisotopic (exact) mass is 232 g/mol. The molecule has 1 fully saturated rings. The molecule has 0 bridgehead atoms. The Morgan fingerprint density at radius 1 is 0.647 bits per heavy atom. The molecule has 0 spiro atoms. The zero-order chi connectivity index (χ0) is 11.8. The Morgan fingerprint density at radius 2 is 1.00 bits per heavy atom. The molecule has 0 aromatic heterocycles. The molecule has 2 atom stereocenters. The molecule has 86 valence electrons. The van der Waals surface area contributed by atoms with Crippen molar-refractivity contribution in [3.63, 3.8) is 0 Å². The third-order valence-corrected chi connectivity index (χ3v) is 2.89. The lowest BCUT2D eigenvalue weighted by Crippen LogP contribution is -1.85. The van der Waals surface area contributed by atoms with Crippen LogP contribution in [0.1, 0.15) is 23.3 Å². The van der Waals surface area contributed by atoms with Crippen molar-refractivity contribution in [3.05, 3.63) is 71.3 Å². The smallest absolute Gasteiger partial charge is 0.123 e. The number of ether oxygens (including phenoxy) is 1. The van der Waals surface area contributed by atoms with Gasteiger partial charge in [0.05, 0.1) is 0 Å². The summed E-state index contributed by atoms with van der Waals surface area (Å²) in [5.41, 5.74) is 1.89. The van der Waals surface area contributed by atoms with Crippen molar-refractivity contribution in [2.45, 2.75) is 12.2 Å². The molecule has 0 amide bonds. The van der Waals surface area contributed by atoms with Gasteiger partial charge in [-0.2, -0.15) is 0 Å². The van der Waals surface area contributed by atoms with E-state index in [1.807, 2.05) is 0 Å². The third kappa shape index (κ3) is 2.06. The van der Waals surface area contributed by atoms with Gasteiger partial charge in [0, 0.05) is 0 Å². The molecule has 0 radical (unpaired) electrons. The normalized spacial score (nSPS) is 22.5. The lowest BCUT2D eigenvalue weighted by molar-refractivity contribution is 0.377. The number of halogens is 2. The molecule has 0 aliphatic carbocycles. The average Bonchev–Trinajstić information content (AvgIpc) is 3.11. The summed E-state index contributed by atoms with van der Waals surface area (Å²) in [6, 6.07) is 12.5. The molecule has 3 rings (SSSR count). The average molecular weight is 232 g/mol. The molecular weight excluding hydrogens is 222 g/mol. The van der Waals surface area contributed by atoms with Gasteiger partial charge in [0.25, 0.3) is 0 Å². The van der Waals surface area contributed by atoms with Crippen LogP contribution in [0.25, 0.3) is 0 Å². The lowest BCUT2D eigenvalue weighted by Gasteiger charge is -1.97. The molecule has 17 heavy (non-hydrogen) atoms. The van der Waals surface area contributed by atoms with Crippen LogP contribution in [0, 0.1) is 11.6 Å². The molecule has 3 heteroatoms. The summed E-state index contributed by atoms with van der Waals surface area (Å²) >= 11 is 0. The van der Waals surface area contributed by atoms with Crippen LogP contribution in [-0.4, -0.2) is 0 Å². The molecule has 2 aromatic rings. The van der Waals surface area contributed by atoms with Crippen molar-refractivity contribution in [1.29, 1.82) is 0 Å². The van der Waals surface area contributed by atoms with Crippen molar-refractivity contribution in [1.82, 2.24) is 0 Å². The number of hydrogen-bond acceptors (Lipinski definition) is 1.